The molecule has 0 heterocycles. The Kier molecular flexibility index (Phi) is 6.20. The van der Waals surface area contributed by atoms with Crippen LogP contribution in [0.1, 0.15) is 27.2 Å². The lowest BCUT2D eigenvalue weighted by Crippen LogP contribution is -2.22. The average Bonchev–Trinajstić information content (AvgIpc) is 2.01. The number of rotatable bonds is 5. The van der Waals surface area contributed by atoms with Crippen molar-refractivity contribution < 1.29 is 14.3 Å². The molecule has 0 aliphatic heterocycles. The Balaban J connectivity index is 3.95. The predicted octanol–water partition coefficient (Wildman–Crippen LogP) is 1.25. The molecule has 0 saturated carbocycles. The summed E-state index contributed by atoms with van der Waals surface area (Å²) in [4.78, 5) is 22.1. The van der Waals surface area contributed by atoms with E-state index < -0.39 is 10.7 Å². The van der Waals surface area contributed by atoms with Gasteiger partial charge in [0.1, 0.15) is 0 Å². The zero-order chi connectivity index (χ0) is 12.1. The van der Waals surface area contributed by atoms with Crippen molar-refractivity contribution in [3.8, 4) is 0 Å². The van der Waals surface area contributed by atoms with E-state index in [0.29, 0.717) is 6.42 Å². The molecule has 0 N–H and O–H groups in total. The number of ether oxygens (including phenoxy) is 1. The number of carbonyl (C=O) groups excluding carboxylic acids is 2. The molecule has 0 atom stereocenters. The summed E-state index contributed by atoms with van der Waals surface area (Å²) in [7, 11) is 0. The first kappa shape index (κ1) is 14.7. The highest BCUT2D eigenvalue weighted by atomic mass is 35.5. The molecule has 0 aliphatic carbocycles. The number of hydrogen-bond donors (Lipinski definition) is 0. The third kappa shape index (κ3) is 6.73. The van der Waals surface area contributed by atoms with Gasteiger partial charge in [-0.2, -0.15) is 0 Å². The van der Waals surface area contributed by atoms with E-state index in [1.54, 1.807) is 13.8 Å². The average molecular weight is 247 g/mol. The van der Waals surface area contributed by atoms with Crippen molar-refractivity contribution in [2.24, 2.45) is 5.41 Å². The molecule has 0 radical (unpaired) electrons. The summed E-state index contributed by atoms with van der Waals surface area (Å²) < 4.78 is 5.96. The van der Waals surface area contributed by atoms with Crippen LogP contribution in [0.15, 0.2) is 10.5 Å². The summed E-state index contributed by atoms with van der Waals surface area (Å²) in [5.74, 6) is -0.347. The number of carbonyl (C=O) groups is 2. The predicted molar refractivity (Wildman–Crippen MR) is 62.5 cm³/mol. The quantitative estimate of drug-likeness (QED) is 0.317. The topological polar surface area (TPSA) is 43.4 Å². The van der Waals surface area contributed by atoms with Crippen molar-refractivity contribution in [2.75, 3.05) is 6.61 Å². The van der Waals surface area contributed by atoms with E-state index in [4.69, 9.17) is 16.3 Å². The zero-order valence-corrected chi connectivity index (χ0v) is 12.4. The van der Waals surface area contributed by atoms with Gasteiger partial charge in [-0.1, -0.05) is 20.8 Å². The molecule has 84 valence electrons. The summed E-state index contributed by atoms with van der Waals surface area (Å²) in [6, 6.07) is 0. The molecule has 0 aromatic heterocycles. The van der Waals surface area contributed by atoms with Gasteiger partial charge in [-0.05, 0) is 18.0 Å². The molecule has 15 heavy (non-hydrogen) atoms. The Bertz CT molecular complexity index is 280. The van der Waals surface area contributed by atoms with Crippen molar-refractivity contribution >= 4 is 39.1 Å². The zero-order valence-electron chi connectivity index (χ0n) is 9.59. The van der Waals surface area contributed by atoms with E-state index in [1.165, 1.54) is 6.08 Å². The van der Waals surface area contributed by atoms with Gasteiger partial charge in [-0.25, -0.2) is 4.79 Å². The van der Waals surface area contributed by atoms with Crippen LogP contribution >= 0.6 is 11.6 Å². The van der Waals surface area contributed by atoms with Gasteiger partial charge in [0, 0.05) is 11.5 Å². The molecule has 3 nitrogen and oxygen atoms in total. The lowest BCUT2D eigenvalue weighted by Gasteiger charge is -2.18. The first-order chi connectivity index (χ1) is 6.75. The Morgan fingerprint density at radius 2 is 2.00 bits per heavy atom. The molecule has 0 bridgehead atoms. The number of allylic oxidation sites excluding steroid dienone is 1. The number of halogens is 1. The van der Waals surface area contributed by atoms with Gasteiger partial charge in [-0.3, -0.25) is 4.79 Å². The second kappa shape index (κ2) is 6.32. The Morgan fingerprint density at radius 1 is 1.47 bits per heavy atom. The van der Waals surface area contributed by atoms with E-state index >= 15 is 0 Å². The highest BCUT2D eigenvalue weighted by Crippen LogP contribution is 2.23. The highest BCUT2D eigenvalue weighted by Gasteiger charge is 2.25. The van der Waals surface area contributed by atoms with Crippen LogP contribution in [0.4, 0.5) is 0 Å². The maximum atomic E-state index is 11.1. The lowest BCUT2D eigenvalue weighted by molar-refractivity contribution is -0.139. The minimum absolute atomic E-state index is 0.218. The van der Waals surface area contributed by atoms with Crippen LogP contribution in [0.2, 0.25) is 0 Å². The Morgan fingerprint density at radius 3 is 2.40 bits per heavy atom. The SMILES string of the molecule is C/[C]([AlH2])=C/C(=O)OCCC(C)(C)C(=O)Cl. The molecule has 0 unspecified atom stereocenters. The van der Waals surface area contributed by atoms with E-state index in [9.17, 15) is 9.59 Å². The molecular formula is C10H16AlClO3. The van der Waals surface area contributed by atoms with Crippen molar-refractivity contribution in [3.05, 3.63) is 10.5 Å². The van der Waals surface area contributed by atoms with Crippen molar-refractivity contribution in [1.29, 1.82) is 0 Å². The smallest absolute Gasteiger partial charge is 0.329 e. The number of hydrogen-bond acceptors (Lipinski definition) is 3. The molecule has 5 heteroatoms. The molecule has 0 rings (SSSR count). The molecule has 0 fully saturated rings. The first-order valence-electron chi connectivity index (χ1n) is 4.77. The maximum absolute atomic E-state index is 11.1. The molecule has 0 spiro atoms. The van der Waals surface area contributed by atoms with Gasteiger partial charge in [0.2, 0.25) is 5.24 Å². The van der Waals surface area contributed by atoms with Crippen LogP contribution in [-0.2, 0) is 14.3 Å². The van der Waals surface area contributed by atoms with Gasteiger partial charge in [0.15, 0.2) is 0 Å². The van der Waals surface area contributed by atoms with E-state index in [1.807, 2.05) is 6.92 Å². The largest absolute Gasteiger partial charge is 0.463 e. The van der Waals surface area contributed by atoms with Crippen LogP contribution in [0.25, 0.3) is 0 Å². The highest BCUT2D eigenvalue weighted by molar-refractivity contribution is 6.64. The van der Waals surface area contributed by atoms with Crippen molar-refractivity contribution in [2.45, 2.75) is 27.2 Å². The lowest BCUT2D eigenvalue weighted by atomic mass is 9.92. The normalized spacial score (nSPS) is 12.4. The van der Waals surface area contributed by atoms with E-state index in [0.717, 1.165) is 20.7 Å². The van der Waals surface area contributed by atoms with Gasteiger partial charge in [0.05, 0.1) is 6.61 Å². The second-order valence-electron chi connectivity index (χ2n) is 4.30. The van der Waals surface area contributed by atoms with Crippen molar-refractivity contribution in [1.82, 2.24) is 0 Å². The second-order valence-corrected chi connectivity index (χ2v) is 6.22. The van der Waals surface area contributed by atoms with Gasteiger partial charge >= 0.3 is 5.97 Å². The van der Waals surface area contributed by atoms with Crippen LogP contribution in [0.5, 0.6) is 0 Å². The summed E-state index contributed by atoms with van der Waals surface area (Å²) in [5, 5.41) is -0.409. The van der Waals surface area contributed by atoms with Gasteiger partial charge < -0.3 is 4.74 Å². The van der Waals surface area contributed by atoms with Crippen LogP contribution in [0.3, 0.4) is 0 Å². The minimum atomic E-state index is -0.637. The van der Waals surface area contributed by atoms with Crippen LogP contribution in [0, 0.1) is 5.41 Å². The molecule has 0 aromatic rings. The summed E-state index contributed by atoms with van der Waals surface area (Å²) in [6.45, 7) is 5.54. The van der Waals surface area contributed by atoms with Crippen molar-refractivity contribution in [3.63, 3.8) is 0 Å². The third-order valence-corrected chi connectivity index (χ3v) is 2.71. The molecular weight excluding hydrogens is 231 g/mol. The molecule has 0 aromatic carbocycles. The third-order valence-electron chi connectivity index (χ3n) is 1.91. The maximum Gasteiger partial charge on any atom is 0.329 e. The Labute approximate surface area is 103 Å². The fraction of sp³-hybridized carbons (Fsp3) is 0.600. The summed E-state index contributed by atoms with van der Waals surface area (Å²) >= 11 is 6.23. The fourth-order valence-electron chi connectivity index (χ4n) is 0.782. The standard InChI is InChI=1S/C10H14ClO3.Al.2H/c1-4-5-8(12)14-7-6-10(2,3)9(11)13;;;/h5H,6-7H2,1-3H3;;;. The summed E-state index contributed by atoms with van der Waals surface area (Å²) in [5.41, 5.74) is -0.637. The fourth-order valence-corrected chi connectivity index (χ4v) is 1.11. The van der Waals surface area contributed by atoms with E-state index in [2.05, 4.69) is 0 Å². The van der Waals surface area contributed by atoms with E-state index in [-0.39, 0.29) is 12.6 Å². The monoisotopic (exact) mass is 246 g/mol. The van der Waals surface area contributed by atoms with Crippen LogP contribution in [-0.4, -0.2) is 34.1 Å². The first-order valence-corrected chi connectivity index (χ1v) is 6.15. The molecule has 0 amide bonds. The number of esters is 1. The van der Waals surface area contributed by atoms with Crippen LogP contribution < -0.4 is 0 Å². The molecule has 0 aliphatic rings. The Hall–Kier alpha value is -0.298. The molecule has 0 saturated heterocycles. The minimum Gasteiger partial charge on any atom is -0.463 e. The van der Waals surface area contributed by atoms with Gasteiger partial charge in [0.25, 0.3) is 16.3 Å². The summed E-state index contributed by atoms with van der Waals surface area (Å²) in [6.07, 6.45) is 1.91. The van der Waals surface area contributed by atoms with Gasteiger partial charge in [-0.15, -0.1) is 4.44 Å².